The zero-order chi connectivity index (χ0) is 15.7. The quantitative estimate of drug-likeness (QED) is 0.701. The van der Waals surface area contributed by atoms with Gasteiger partial charge in [-0.2, -0.15) is 0 Å². The minimum Gasteiger partial charge on any atom is -0.396 e. The summed E-state index contributed by atoms with van der Waals surface area (Å²) in [6, 6.07) is 1.73. The van der Waals surface area contributed by atoms with Gasteiger partial charge in [-0.1, -0.05) is 11.6 Å². The van der Waals surface area contributed by atoms with E-state index in [0.29, 0.717) is 0 Å². The molecule has 1 rings (SSSR count). The van der Waals surface area contributed by atoms with Crippen LogP contribution in [0.5, 0.6) is 0 Å². The van der Waals surface area contributed by atoms with Crippen molar-refractivity contribution in [2.45, 2.75) is 30.7 Å². The van der Waals surface area contributed by atoms with Gasteiger partial charge in [0.25, 0.3) is 0 Å². The zero-order valence-electron chi connectivity index (χ0n) is 10.9. The minimum absolute atomic E-state index is 0.208. The lowest BCUT2D eigenvalue weighted by Gasteiger charge is -2.24. The van der Waals surface area contributed by atoms with Gasteiger partial charge in [0.2, 0.25) is 15.9 Å². The Hall–Kier alpha value is -1.38. The molecule has 6 nitrogen and oxygen atoms in total. The fourth-order valence-electron chi connectivity index (χ4n) is 1.64. The van der Waals surface area contributed by atoms with E-state index in [4.69, 9.17) is 23.1 Å². The summed E-state index contributed by atoms with van der Waals surface area (Å²) in [6.07, 6.45) is -0.208. The Bertz CT molecular complexity index is 647. The normalized spacial score (nSPS) is 12.4. The summed E-state index contributed by atoms with van der Waals surface area (Å²) in [4.78, 5) is 10.5. The van der Waals surface area contributed by atoms with E-state index in [0.717, 1.165) is 12.1 Å². The molecule has 0 fully saturated rings. The number of nitrogens with two attached hydrogens (primary N) is 2. The first-order valence-electron chi connectivity index (χ1n) is 5.51. The molecule has 0 radical (unpaired) electrons. The van der Waals surface area contributed by atoms with Crippen LogP contribution >= 0.6 is 11.6 Å². The molecule has 0 saturated carbocycles. The number of amides is 1. The largest absolute Gasteiger partial charge is 0.396 e. The van der Waals surface area contributed by atoms with Gasteiger partial charge in [0.1, 0.15) is 10.7 Å². The van der Waals surface area contributed by atoms with E-state index in [-0.39, 0.29) is 22.0 Å². The molecular weight excluding hydrogens is 309 g/mol. The lowest BCUT2D eigenvalue weighted by atomic mass is 10.0. The lowest BCUT2D eigenvalue weighted by molar-refractivity contribution is -0.119. The Morgan fingerprint density at radius 1 is 1.45 bits per heavy atom. The summed E-state index contributed by atoms with van der Waals surface area (Å²) in [6.45, 7) is 2.96. The maximum Gasteiger partial charge on any atom is 0.242 e. The van der Waals surface area contributed by atoms with Gasteiger partial charge in [-0.3, -0.25) is 4.79 Å². The van der Waals surface area contributed by atoms with Gasteiger partial charge in [0.05, 0.1) is 10.7 Å². The standard InChI is InChI=1S/C11H15ClFN3O3S/c1-11(2,5-10(15)17)16-20(18,19)9-4-8(14)7(13)3-6(9)12/h3-4,16H,5,14H2,1-2H3,(H2,15,17). The molecule has 0 unspecified atom stereocenters. The number of hydrogen-bond acceptors (Lipinski definition) is 4. The molecule has 1 aromatic carbocycles. The van der Waals surface area contributed by atoms with Crippen molar-refractivity contribution in [2.24, 2.45) is 5.73 Å². The fourth-order valence-corrected chi connectivity index (χ4v) is 3.60. The van der Waals surface area contributed by atoms with Crippen molar-refractivity contribution in [1.82, 2.24) is 4.72 Å². The van der Waals surface area contributed by atoms with E-state index in [9.17, 15) is 17.6 Å². The molecule has 112 valence electrons. The summed E-state index contributed by atoms with van der Waals surface area (Å²) >= 11 is 5.71. The number of anilines is 1. The molecule has 0 atom stereocenters. The summed E-state index contributed by atoms with van der Waals surface area (Å²) < 4.78 is 39.8. The van der Waals surface area contributed by atoms with Crippen LogP contribution in [0, 0.1) is 5.82 Å². The molecule has 0 aliphatic heterocycles. The number of primary amides is 1. The van der Waals surface area contributed by atoms with E-state index in [1.54, 1.807) is 0 Å². The predicted molar refractivity (Wildman–Crippen MR) is 74.0 cm³/mol. The third-order valence-electron chi connectivity index (χ3n) is 2.37. The smallest absolute Gasteiger partial charge is 0.242 e. The molecule has 0 saturated heterocycles. The molecule has 1 amide bonds. The van der Waals surface area contributed by atoms with E-state index < -0.39 is 27.3 Å². The molecule has 0 bridgehead atoms. The number of rotatable bonds is 5. The molecular formula is C11H15ClFN3O3S. The van der Waals surface area contributed by atoms with E-state index in [1.807, 2.05) is 0 Å². The van der Waals surface area contributed by atoms with Crippen LogP contribution in [0.25, 0.3) is 0 Å². The number of halogens is 2. The van der Waals surface area contributed by atoms with Crippen LogP contribution in [0.2, 0.25) is 5.02 Å². The molecule has 0 spiro atoms. The number of carbonyl (C=O) groups excluding carboxylic acids is 1. The maximum absolute atomic E-state index is 13.2. The number of benzene rings is 1. The van der Waals surface area contributed by atoms with E-state index >= 15 is 0 Å². The molecule has 5 N–H and O–H groups in total. The number of sulfonamides is 1. The molecule has 0 aliphatic rings. The Morgan fingerprint density at radius 2 is 2.00 bits per heavy atom. The van der Waals surface area contributed by atoms with Gasteiger partial charge in [-0.05, 0) is 26.0 Å². The van der Waals surface area contributed by atoms with Gasteiger partial charge >= 0.3 is 0 Å². The highest BCUT2D eigenvalue weighted by Crippen LogP contribution is 2.27. The zero-order valence-corrected chi connectivity index (χ0v) is 12.5. The van der Waals surface area contributed by atoms with Crippen molar-refractivity contribution in [3.63, 3.8) is 0 Å². The van der Waals surface area contributed by atoms with Crippen molar-refractivity contribution >= 4 is 33.2 Å². The van der Waals surface area contributed by atoms with Gasteiger partial charge in [0, 0.05) is 12.0 Å². The number of nitrogen functional groups attached to an aromatic ring is 1. The highest BCUT2D eigenvalue weighted by Gasteiger charge is 2.29. The molecule has 0 heterocycles. The van der Waals surface area contributed by atoms with Gasteiger partial charge in [-0.25, -0.2) is 17.5 Å². The average Bonchev–Trinajstić information content (AvgIpc) is 2.19. The third kappa shape index (κ3) is 4.06. The van der Waals surface area contributed by atoms with Crippen molar-refractivity contribution in [1.29, 1.82) is 0 Å². The van der Waals surface area contributed by atoms with Gasteiger partial charge in [-0.15, -0.1) is 0 Å². The maximum atomic E-state index is 13.2. The van der Waals surface area contributed by atoms with Crippen LogP contribution < -0.4 is 16.2 Å². The Labute approximate surface area is 121 Å². The van der Waals surface area contributed by atoms with Crippen LogP contribution in [-0.2, 0) is 14.8 Å². The van der Waals surface area contributed by atoms with Crippen LogP contribution in [-0.4, -0.2) is 19.9 Å². The molecule has 9 heteroatoms. The Morgan fingerprint density at radius 3 is 2.50 bits per heavy atom. The number of nitrogens with one attached hydrogen (secondary N) is 1. The third-order valence-corrected chi connectivity index (χ3v) is 4.53. The van der Waals surface area contributed by atoms with Crippen molar-refractivity contribution in [2.75, 3.05) is 5.73 Å². The molecule has 0 aliphatic carbocycles. The van der Waals surface area contributed by atoms with Crippen LogP contribution in [0.15, 0.2) is 17.0 Å². The minimum atomic E-state index is -4.07. The lowest BCUT2D eigenvalue weighted by Crippen LogP contribution is -2.46. The average molecular weight is 324 g/mol. The van der Waals surface area contributed by atoms with Crippen LogP contribution in [0.4, 0.5) is 10.1 Å². The first-order valence-corrected chi connectivity index (χ1v) is 7.37. The molecule has 0 aromatic heterocycles. The second kappa shape index (κ2) is 5.55. The van der Waals surface area contributed by atoms with Gasteiger partial charge in [0.15, 0.2) is 0 Å². The van der Waals surface area contributed by atoms with Crippen molar-refractivity contribution in [3.05, 3.63) is 23.0 Å². The highest BCUT2D eigenvalue weighted by molar-refractivity contribution is 7.89. The van der Waals surface area contributed by atoms with E-state index in [1.165, 1.54) is 13.8 Å². The molecule has 1 aromatic rings. The van der Waals surface area contributed by atoms with Crippen LogP contribution in [0.3, 0.4) is 0 Å². The van der Waals surface area contributed by atoms with Crippen LogP contribution in [0.1, 0.15) is 20.3 Å². The summed E-state index contributed by atoms with van der Waals surface area (Å²) in [5.41, 5.74) is 8.91. The van der Waals surface area contributed by atoms with E-state index in [2.05, 4.69) is 4.72 Å². The first-order chi connectivity index (χ1) is 8.94. The predicted octanol–water partition coefficient (Wildman–Crippen LogP) is 0.994. The summed E-state index contributed by atoms with van der Waals surface area (Å²) in [5.74, 6) is -1.48. The highest BCUT2D eigenvalue weighted by atomic mass is 35.5. The fraction of sp³-hybridized carbons (Fsp3) is 0.364. The Balaban J connectivity index is 3.18. The summed E-state index contributed by atoms with van der Waals surface area (Å²) in [5, 5.41) is -0.306. The van der Waals surface area contributed by atoms with Gasteiger partial charge < -0.3 is 11.5 Å². The second-order valence-corrected chi connectivity index (χ2v) is 6.99. The van der Waals surface area contributed by atoms with Crippen molar-refractivity contribution < 1.29 is 17.6 Å². The number of carbonyl (C=O) groups is 1. The monoisotopic (exact) mass is 323 g/mol. The topological polar surface area (TPSA) is 115 Å². The molecule has 20 heavy (non-hydrogen) atoms. The van der Waals surface area contributed by atoms with Crippen molar-refractivity contribution in [3.8, 4) is 0 Å². The SMILES string of the molecule is CC(C)(CC(N)=O)NS(=O)(=O)c1cc(N)c(F)cc1Cl. The summed E-state index contributed by atoms with van der Waals surface area (Å²) in [7, 11) is -4.07. The Kier molecular flexibility index (Phi) is 4.62. The second-order valence-electron chi connectivity index (χ2n) is 4.94. The number of hydrogen-bond donors (Lipinski definition) is 3. The first kappa shape index (κ1) is 16.7.